The van der Waals surface area contributed by atoms with Gasteiger partial charge in [0.15, 0.2) is 0 Å². The Kier molecular flexibility index (Phi) is 3.94. The second kappa shape index (κ2) is 5.50. The monoisotopic (exact) mass is 293 g/mol. The maximum Gasteiger partial charge on any atom is 0.257 e. The summed E-state index contributed by atoms with van der Waals surface area (Å²) < 4.78 is 5.12. The normalized spacial score (nSPS) is 13.8. The number of azide groups is 1. The van der Waals surface area contributed by atoms with Crippen molar-refractivity contribution in [2.45, 2.75) is 12.5 Å². The Bertz CT molecular complexity index is 753. The third kappa shape index (κ3) is 2.46. The summed E-state index contributed by atoms with van der Waals surface area (Å²) in [6.07, 6.45) is 2.90. The Morgan fingerprint density at radius 1 is 1.60 bits per heavy atom. The highest BCUT2D eigenvalue weighted by Crippen LogP contribution is 2.31. The van der Waals surface area contributed by atoms with E-state index in [4.69, 9.17) is 21.9 Å². The molecule has 0 aromatic carbocycles. The molecule has 1 atom stereocenters. The van der Waals surface area contributed by atoms with Crippen molar-refractivity contribution in [3.05, 3.63) is 50.0 Å². The van der Waals surface area contributed by atoms with E-state index in [0.29, 0.717) is 16.3 Å². The fourth-order valence-corrected chi connectivity index (χ4v) is 2.27. The summed E-state index contributed by atoms with van der Waals surface area (Å²) in [5.41, 5.74) is 8.14. The Balaban J connectivity index is 2.82. The number of halogens is 1. The first kappa shape index (κ1) is 14.3. The highest BCUT2D eigenvalue weighted by atomic mass is 35.5. The zero-order valence-electron chi connectivity index (χ0n) is 10.9. The number of hydrogen-bond donors (Lipinski definition) is 1. The smallest absolute Gasteiger partial charge is 0.257 e. The van der Waals surface area contributed by atoms with Gasteiger partial charge < -0.3 is 9.72 Å². The minimum Gasteiger partial charge on any atom is -0.384 e. The molecule has 7 nitrogen and oxygen atoms in total. The Labute approximate surface area is 119 Å². The van der Waals surface area contributed by atoms with Crippen LogP contribution in [0.1, 0.15) is 12.5 Å². The molecule has 0 spiro atoms. The Hall–Kier alpha value is -2.08. The molecule has 104 valence electrons. The maximum atomic E-state index is 11.8. The molecule has 0 radical (unpaired) electrons. The van der Waals surface area contributed by atoms with Crippen LogP contribution in [0.3, 0.4) is 0 Å². The number of fused-ring (bicyclic) bond motifs is 1. The summed E-state index contributed by atoms with van der Waals surface area (Å²) in [6.45, 7) is 1.88. The maximum absolute atomic E-state index is 11.8. The summed E-state index contributed by atoms with van der Waals surface area (Å²) in [4.78, 5) is 21.2. The first-order valence-electron chi connectivity index (χ1n) is 5.74. The van der Waals surface area contributed by atoms with Gasteiger partial charge in [0.2, 0.25) is 0 Å². The molecule has 0 aliphatic heterocycles. The highest BCUT2D eigenvalue weighted by molar-refractivity contribution is 6.30. The van der Waals surface area contributed by atoms with Crippen LogP contribution in [0.2, 0.25) is 5.15 Å². The van der Waals surface area contributed by atoms with E-state index < -0.39 is 5.54 Å². The molecule has 1 N–H and O–H groups in total. The van der Waals surface area contributed by atoms with Gasteiger partial charge in [0.05, 0.1) is 17.5 Å². The SMILES string of the molecule is COC[C@@](C)(N=[N+]=[N-])c1c[nH]c(=O)c2cnc(Cl)cc12. The number of nitrogens with one attached hydrogen (secondary N) is 1. The van der Waals surface area contributed by atoms with Crippen LogP contribution in [0, 0.1) is 0 Å². The molecule has 0 saturated heterocycles. The summed E-state index contributed by atoms with van der Waals surface area (Å²) >= 11 is 5.89. The number of aromatic amines is 1. The van der Waals surface area contributed by atoms with Crippen LogP contribution in [-0.2, 0) is 10.3 Å². The van der Waals surface area contributed by atoms with Crippen molar-refractivity contribution in [2.24, 2.45) is 5.11 Å². The van der Waals surface area contributed by atoms with Crippen molar-refractivity contribution in [3.8, 4) is 0 Å². The van der Waals surface area contributed by atoms with Crippen LogP contribution in [0.25, 0.3) is 21.2 Å². The summed E-state index contributed by atoms with van der Waals surface area (Å²) in [5, 5.41) is 5.01. The van der Waals surface area contributed by atoms with Gasteiger partial charge >= 0.3 is 0 Å². The molecule has 0 fully saturated rings. The lowest BCUT2D eigenvalue weighted by molar-refractivity contribution is 0.141. The van der Waals surface area contributed by atoms with Crippen LogP contribution in [0.15, 0.2) is 28.4 Å². The van der Waals surface area contributed by atoms with Crippen molar-refractivity contribution < 1.29 is 4.74 Å². The highest BCUT2D eigenvalue weighted by Gasteiger charge is 2.28. The third-order valence-corrected chi connectivity index (χ3v) is 3.23. The largest absolute Gasteiger partial charge is 0.384 e. The quantitative estimate of drug-likeness (QED) is 0.405. The summed E-state index contributed by atoms with van der Waals surface area (Å²) in [6, 6.07) is 1.57. The van der Waals surface area contributed by atoms with E-state index in [-0.39, 0.29) is 17.3 Å². The van der Waals surface area contributed by atoms with E-state index in [1.165, 1.54) is 19.5 Å². The van der Waals surface area contributed by atoms with Crippen LogP contribution in [0.4, 0.5) is 0 Å². The van der Waals surface area contributed by atoms with Crippen LogP contribution < -0.4 is 5.56 Å². The van der Waals surface area contributed by atoms with Gasteiger partial charge in [0.25, 0.3) is 5.56 Å². The van der Waals surface area contributed by atoms with Gasteiger partial charge in [0.1, 0.15) is 5.15 Å². The van der Waals surface area contributed by atoms with E-state index in [2.05, 4.69) is 20.0 Å². The first-order chi connectivity index (χ1) is 9.51. The van der Waals surface area contributed by atoms with Gasteiger partial charge in [-0.1, -0.05) is 16.7 Å². The van der Waals surface area contributed by atoms with Crippen molar-refractivity contribution in [1.29, 1.82) is 0 Å². The van der Waals surface area contributed by atoms with Crippen LogP contribution in [0.5, 0.6) is 0 Å². The molecule has 2 aromatic rings. The predicted molar refractivity (Wildman–Crippen MR) is 75.7 cm³/mol. The molecule has 0 aliphatic rings. The topological polar surface area (TPSA) is 104 Å². The zero-order chi connectivity index (χ0) is 14.8. The molecule has 0 unspecified atom stereocenters. The Morgan fingerprint density at radius 3 is 3.00 bits per heavy atom. The third-order valence-electron chi connectivity index (χ3n) is 3.02. The molecule has 0 aliphatic carbocycles. The van der Waals surface area contributed by atoms with E-state index in [1.807, 2.05) is 0 Å². The molecular weight excluding hydrogens is 282 g/mol. The second-order valence-corrected chi connectivity index (χ2v) is 4.87. The van der Waals surface area contributed by atoms with Crippen molar-refractivity contribution >= 4 is 22.4 Å². The first-order valence-corrected chi connectivity index (χ1v) is 6.12. The van der Waals surface area contributed by atoms with Gasteiger partial charge in [-0.05, 0) is 29.5 Å². The number of pyridine rings is 2. The summed E-state index contributed by atoms with van der Waals surface area (Å²) in [7, 11) is 1.51. The lowest BCUT2D eigenvalue weighted by Gasteiger charge is -2.24. The fraction of sp³-hybridized carbons (Fsp3) is 0.333. The number of ether oxygens (including phenoxy) is 1. The lowest BCUT2D eigenvalue weighted by Crippen LogP contribution is -2.26. The van der Waals surface area contributed by atoms with E-state index in [1.54, 1.807) is 13.0 Å². The van der Waals surface area contributed by atoms with Gasteiger partial charge in [-0.2, -0.15) is 0 Å². The number of methoxy groups -OCH3 is 1. The summed E-state index contributed by atoms with van der Waals surface area (Å²) in [5.74, 6) is 0. The van der Waals surface area contributed by atoms with Crippen molar-refractivity contribution in [2.75, 3.05) is 13.7 Å². The lowest BCUT2D eigenvalue weighted by atomic mass is 9.91. The fourth-order valence-electron chi connectivity index (χ4n) is 2.11. The van der Waals surface area contributed by atoms with E-state index in [9.17, 15) is 4.79 Å². The van der Waals surface area contributed by atoms with E-state index in [0.717, 1.165) is 0 Å². The molecule has 0 amide bonds. The average molecular weight is 294 g/mol. The molecule has 8 heteroatoms. The molecule has 0 bridgehead atoms. The van der Waals surface area contributed by atoms with Gasteiger partial charge in [0, 0.05) is 24.4 Å². The van der Waals surface area contributed by atoms with Crippen LogP contribution in [-0.4, -0.2) is 23.7 Å². The standard InChI is InChI=1S/C12H12ClN5O2/c1-12(6-20-2,17-18-14)9-5-16-11(19)8-4-15-10(13)3-7(8)9/h3-5H,6H2,1-2H3,(H,16,19)/t12-/m1/s1. The number of nitrogens with zero attached hydrogens (tertiary/aromatic N) is 4. The Morgan fingerprint density at radius 2 is 2.35 bits per heavy atom. The van der Waals surface area contributed by atoms with Crippen molar-refractivity contribution in [1.82, 2.24) is 9.97 Å². The van der Waals surface area contributed by atoms with Gasteiger partial charge in [-0.3, -0.25) is 4.79 Å². The number of aromatic nitrogens is 2. The van der Waals surface area contributed by atoms with Gasteiger partial charge in [-0.25, -0.2) is 4.98 Å². The van der Waals surface area contributed by atoms with Crippen LogP contribution >= 0.6 is 11.6 Å². The molecule has 20 heavy (non-hydrogen) atoms. The predicted octanol–water partition coefficient (Wildman–Crippen LogP) is 2.75. The second-order valence-electron chi connectivity index (χ2n) is 4.48. The number of H-pyrrole nitrogens is 1. The molecule has 2 rings (SSSR count). The molecule has 2 aromatic heterocycles. The van der Waals surface area contributed by atoms with E-state index >= 15 is 0 Å². The zero-order valence-corrected chi connectivity index (χ0v) is 11.7. The molecule has 0 saturated carbocycles. The number of rotatable bonds is 4. The number of hydrogen-bond acceptors (Lipinski definition) is 4. The minimum atomic E-state index is -0.962. The van der Waals surface area contributed by atoms with Gasteiger partial charge in [-0.15, -0.1) is 0 Å². The molecular formula is C12H12ClN5O2. The molecule has 2 heterocycles. The van der Waals surface area contributed by atoms with Crippen molar-refractivity contribution in [3.63, 3.8) is 0 Å². The minimum absolute atomic E-state index is 0.165. The average Bonchev–Trinajstić information content (AvgIpc) is 2.39.